The van der Waals surface area contributed by atoms with Crippen LogP contribution in [0.1, 0.15) is 23.9 Å². The first kappa shape index (κ1) is 18.1. The third kappa shape index (κ3) is 3.78. The van der Waals surface area contributed by atoms with E-state index >= 15 is 0 Å². The van der Waals surface area contributed by atoms with E-state index in [1.165, 1.54) is 6.92 Å². The lowest BCUT2D eigenvalue weighted by Gasteiger charge is -2.08. The standard InChI is InChI=1S/C21H20BrN3O/c1-14-20(13-23-17-9-11-18(12-10-17)24-16(3)26)21(22)15(2)25(14)19-7-5-4-6-8-19/h4-13H,1-3H3,(H,24,26). The second-order valence-corrected chi connectivity index (χ2v) is 6.85. The number of carbonyl (C=O) groups excluding carboxylic acids is 1. The summed E-state index contributed by atoms with van der Waals surface area (Å²) in [6.45, 7) is 5.67. The van der Waals surface area contributed by atoms with Gasteiger partial charge < -0.3 is 9.88 Å². The molecular weight excluding hydrogens is 390 g/mol. The highest BCUT2D eigenvalue weighted by atomic mass is 79.9. The molecule has 2 aromatic carbocycles. The molecule has 0 aliphatic rings. The van der Waals surface area contributed by atoms with Crippen LogP contribution in [0.4, 0.5) is 11.4 Å². The van der Waals surface area contributed by atoms with Gasteiger partial charge in [-0.25, -0.2) is 0 Å². The highest BCUT2D eigenvalue weighted by molar-refractivity contribution is 9.10. The van der Waals surface area contributed by atoms with Crippen LogP contribution in [0.3, 0.4) is 0 Å². The summed E-state index contributed by atoms with van der Waals surface area (Å²) in [6.07, 6.45) is 1.87. The molecule has 1 aromatic heterocycles. The molecule has 0 radical (unpaired) electrons. The zero-order valence-corrected chi connectivity index (χ0v) is 16.5. The van der Waals surface area contributed by atoms with Crippen molar-refractivity contribution in [3.8, 4) is 5.69 Å². The van der Waals surface area contributed by atoms with Gasteiger partial charge in [0.1, 0.15) is 0 Å². The van der Waals surface area contributed by atoms with E-state index in [1.807, 2.05) is 48.7 Å². The van der Waals surface area contributed by atoms with Gasteiger partial charge in [-0.05, 0) is 66.2 Å². The van der Waals surface area contributed by atoms with Crippen molar-refractivity contribution in [2.24, 2.45) is 4.99 Å². The van der Waals surface area contributed by atoms with Crippen molar-refractivity contribution < 1.29 is 4.79 Å². The number of amides is 1. The molecule has 0 atom stereocenters. The van der Waals surface area contributed by atoms with E-state index in [4.69, 9.17) is 0 Å². The van der Waals surface area contributed by atoms with E-state index in [0.717, 1.165) is 38.5 Å². The zero-order chi connectivity index (χ0) is 18.7. The minimum absolute atomic E-state index is 0.0847. The molecule has 0 fully saturated rings. The molecule has 1 amide bonds. The van der Waals surface area contributed by atoms with E-state index in [0.29, 0.717) is 0 Å². The van der Waals surface area contributed by atoms with Crippen molar-refractivity contribution in [1.82, 2.24) is 4.57 Å². The Labute approximate surface area is 161 Å². The van der Waals surface area contributed by atoms with E-state index in [2.05, 4.69) is 56.8 Å². The minimum Gasteiger partial charge on any atom is -0.326 e. The number of anilines is 1. The van der Waals surface area contributed by atoms with Crippen molar-refractivity contribution >= 4 is 39.4 Å². The van der Waals surface area contributed by atoms with Gasteiger partial charge >= 0.3 is 0 Å². The van der Waals surface area contributed by atoms with E-state index < -0.39 is 0 Å². The third-order valence-electron chi connectivity index (χ3n) is 4.16. The smallest absolute Gasteiger partial charge is 0.221 e. The molecule has 5 heteroatoms. The maximum atomic E-state index is 11.1. The Morgan fingerprint density at radius 3 is 2.31 bits per heavy atom. The quantitative estimate of drug-likeness (QED) is 0.562. The van der Waals surface area contributed by atoms with Gasteiger partial charge in [0.15, 0.2) is 0 Å². The molecular formula is C21H20BrN3O. The van der Waals surface area contributed by atoms with Crippen LogP contribution in [0.15, 0.2) is 64.1 Å². The Morgan fingerprint density at radius 1 is 1.04 bits per heavy atom. The maximum Gasteiger partial charge on any atom is 0.221 e. The molecule has 132 valence electrons. The fourth-order valence-electron chi connectivity index (χ4n) is 2.91. The maximum absolute atomic E-state index is 11.1. The van der Waals surface area contributed by atoms with E-state index in [9.17, 15) is 4.79 Å². The van der Waals surface area contributed by atoms with E-state index in [-0.39, 0.29) is 5.91 Å². The number of hydrogen-bond donors (Lipinski definition) is 1. The SMILES string of the molecule is CC(=O)Nc1ccc(N=Cc2c(Br)c(C)n(-c3ccccc3)c2C)cc1. The van der Waals surface area contributed by atoms with Gasteiger partial charge in [0.05, 0.1) is 5.69 Å². The summed E-state index contributed by atoms with van der Waals surface area (Å²) in [4.78, 5) is 15.7. The highest BCUT2D eigenvalue weighted by Gasteiger charge is 2.15. The Kier molecular flexibility index (Phi) is 5.38. The summed E-state index contributed by atoms with van der Waals surface area (Å²) < 4.78 is 3.25. The molecule has 0 aliphatic heterocycles. The molecule has 0 bridgehead atoms. The second-order valence-electron chi connectivity index (χ2n) is 6.06. The molecule has 1 heterocycles. The topological polar surface area (TPSA) is 46.4 Å². The number of benzene rings is 2. The predicted octanol–water partition coefficient (Wildman–Crippen LogP) is 5.57. The van der Waals surface area contributed by atoms with Crippen LogP contribution in [0.25, 0.3) is 5.69 Å². The minimum atomic E-state index is -0.0847. The van der Waals surface area contributed by atoms with Crippen LogP contribution in [-0.2, 0) is 4.79 Å². The van der Waals surface area contributed by atoms with Crippen molar-refractivity contribution in [2.45, 2.75) is 20.8 Å². The average molecular weight is 410 g/mol. The summed E-state index contributed by atoms with van der Waals surface area (Å²) in [5.74, 6) is -0.0847. The third-order valence-corrected chi connectivity index (χ3v) is 5.16. The Balaban J connectivity index is 1.91. The molecule has 3 aromatic rings. The highest BCUT2D eigenvalue weighted by Crippen LogP contribution is 2.30. The van der Waals surface area contributed by atoms with Crippen LogP contribution >= 0.6 is 15.9 Å². The van der Waals surface area contributed by atoms with Crippen molar-refractivity contribution in [2.75, 3.05) is 5.32 Å². The number of rotatable bonds is 4. The summed E-state index contributed by atoms with van der Waals surface area (Å²) >= 11 is 3.70. The molecule has 0 spiro atoms. The van der Waals surface area contributed by atoms with Crippen molar-refractivity contribution in [3.05, 3.63) is 76.0 Å². The van der Waals surface area contributed by atoms with Crippen LogP contribution in [0.5, 0.6) is 0 Å². The first-order chi connectivity index (χ1) is 12.5. The number of aromatic nitrogens is 1. The molecule has 1 N–H and O–H groups in total. The first-order valence-corrected chi connectivity index (χ1v) is 9.11. The number of para-hydroxylation sites is 1. The van der Waals surface area contributed by atoms with Gasteiger partial charge in [0.2, 0.25) is 5.91 Å². The zero-order valence-electron chi connectivity index (χ0n) is 15.0. The lowest BCUT2D eigenvalue weighted by Crippen LogP contribution is -2.04. The molecule has 26 heavy (non-hydrogen) atoms. The monoisotopic (exact) mass is 409 g/mol. The largest absolute Gasteiger partial charge is 0.326 e. The fraction of sp³-hybridized carbons (Fsp3) is 0.143. The molecule has 0 saturated heterocycles. The fourth-order valence-corrected chi connectivity index (χ4v) is 3.48. The normalized spacial score (nSPS) is 11.1. The number of carbonyl (C=O) groups is 1. The predicted molar refractivity (Wildman–Crippen MR) is 111 cm³/mol. The second kappa shape index (κ2) is 7.70. The number of halogens is 1. The number of hydrogen-bond acceptors (Lipinski definition) is 2. The van der Waals surface area contributed by atoms with Gasteiger partial charge in [0, 0.05) is 45.9 Å². The molecule has 4 nitrogen and oxygen atoms in total. The summed E-state index contributed by atoms with van der Waals surface area (Å²) in [5.41, 5.74) is 6.03. The summed E-state index contributed by atoms with van der Waals surface area (Å²) in [5, 5.41) is 2.75. The van der Waals surface area contributed by atoms with Crippen molar-refractivity contribution in [1.29, 1.82) is 0 Å². The van der Waals surface area contributed by atoms with Gasteiger partial charge in [-0.1, -0.05) is 18.2 Å². The summed E-state index contributed by atoms with van der Waals surface area (Å²) in [7, 11) is 0. The number of nitrogens with one attached hydrogen (secondary N) is 1. The molecule has 3 rings (SSSR count). The first-order valence-electron chi connectivity index (χ1n) is 8.32. The van der Waals surface area contributed by atoms with Crippen LogP contribution in [-0.4, -0.2) is 16.7 Å². The van der Waals surface area contributed by atoms with Crippen LogP contribution in [0.2, 0.25) is 0 Å². The number of aliphatic imine (C=N–C) groups is 1. The molecule has 0 unspecified atom stereocenters. The van der Waals surface area contributed by atoms with Gasteiger partial charge in [-0.15, -0.1) is 0 Å². The number of nitrogens with zero attached hydrogens (tertiary/aromatic N) is 2. The summed E-state index contributed by atoms with van der Waals surface area (Å²) in [6, 6.07) is 17.7. The van der Waals surface area contributed by atoms with Crippen LogP contribution < -0.4 is 5.32 Å². The van der Waals surface area contributed by atoms with Gasteiger partial charge in [0.25, 0.3) is 0 Å². The van der Waals surface area contributed by atoms with Gasteiger partial charge in [-0.3, -0.25) is 9.79 Å². The van der Waals surface area contributed by atoms with E-state index in [1.54, 1.807) is 0 Å². The van der Waals surface area contributed by atoms with Crippen LogP contribution in [0, 0.1) is 13.8 Å². The Hall–Kier alpha value is -2.66. The Morgan fingerprint density at radius 2 is 1.69 bits per heavy atom. The molecule has 0 aliphatic carbocycles. The lowest BCUT2D eigenvalue weighted by atomic mass is 10.2. The Bertz CT molecular complexity index is 957. The van der Waals surface area contributed by atoms with Gasteiger partial charge in [-0.2, -0.15) is 0 Å². The molecule has 0 saturated carbocycles. The lowest BCUT2D eigenvalue weighted by molar-refractivity contribution is -0.114. The van der Waals surface area contributed by atoms with Crippen molar-refractivity contribution in [3.63, 3.8) is 0 Å². The average Bonchev–Trinajstić information content (AvgIpc) is 2.84.